The molecule has 2 aliphatic carbocycles. The molecular formula is C29H32ClN3O2S. The van der Waals surface area contributed by atoms with Crippen LogP contribution in [0, 0.1) is 0 Å². The van der Waals surface area contributed by atoms with Crippen LogP contribution in [0.2, 0.25) is 5.02 Å². The first-order chi connectivity index (χ1) is 17.5. The molecule has 36 heavy (non-hydrogen) atoms. The van der Waals surface area contributed by atoms with Gasteiger partial charge in [0.25, 0.3) is 5.56 Å². The molecular weight excluding hydrogens is 490 g/mol. The Balaban J connectivity index is 1.52. The van der Waals surface area contributed by atoms with Crippen LogP contribution in [-0.4, -0.2) is 21.2 Å². The first-order valence-corrected chi connectivity index (χ1v) is 14.3. The SMILES string of the molecule is CCCCn1c(SCC(=O)Nc2ccc(Cl)cc2)nc2c(c1=O)C1(CCCCC1)Cc1ccccc1-2. The number of thioether (sulfide) groups is 1. The lowest BCUT2D eigenvalue weighted by Gasteiger charge is -2.42. The number of unbranched alkanes of at least 4 members (excludes halogenated alkanes) is 1. The van der Waals surface area contributed by atoms with E-state index in [9.17, 15) is 9.59 Å². The Bertz CT molecular complexity index is 1310. The second-order valence-electron chi connectivity index (χ2n) is 9.95. The van der Waals surface area contributed by atoms with Gasteiger partial charge in [-0.25, -0.2) is 4.98 Å². The zero-order chi connectivity index (χ0) is 25.1. The molecule has 1 spiro atoms. The lowest BCUT2D eigenvalue weighted by Crippen LogP contribution is -2.43. The van der Waals surface area contributed by atoms with Gasteiger partial charge in [0.2, 0.25) is 5.91 Å². The number of aromatic nitrogens is 2. The maximum Gasteiger partial charge on any atom is 0.258 e. The molecule has 0 atom stereocenters. The summed E-state index contributed by atoms with van der Waals surface area (Å²) in [6, 6.07) is 15.4. The van der Waals surface area contributed by atoms with Crippen molar-refractivity contribution in [1.82, 2.24) is 9.55 Å². The smallest absolute Gasteiger partial charge is 0.258 e. The monoisotopic (exact) mass is 521 g/mol. The molecule has 5 nitrogen and oxygen atoms in total. The summed E-state index contributed by atoms with van der Waals surface area (Å²) >= 11 is 7.29. The van der Waals surface area contributed by atoms with Gasteiger partial charge in [-0.3, -0.25) is 14.2 Å². The van der Waals surface area contributed by atoms with E-state index in [2.05, 4.69) is 30.4 Å². The Hall–Kier alpha value is -2.57. The van der Waals surface area contributed by atoms with Crippen LogP contribution in [0.5, 0.6) is 0 Å². The summed E-state index contributed by atoms with van der Waals surface area (Å²) in [6.07, 6.45) is 8.40. The van der Waals surface area contributed by atoms with Crippen molar-refractivity contribution >= 4 is 35.0 Å². The normalized spacial score (nSPS) is 15.8. The van der Waals surface area contributed by atoms with Crippen molar-refractivity contribution < 1.29 is 4.79 Å². The lowest BCUT2D eigenvalue weighted by molar-refractivity contribution is -0.113. The van der Waals surface area contributed by atoms with Gasteiger partial charge >= 0.3 is 0 Å². The van der Waals surface area contributed by atoms with E-state index in [1.807, 2.05) is 10.6 Å². The molecule has 0 radical (unpaired) electrons. The fraction of sp³-hybridized carbons (Fsp3) is 0.414. The van der Waals surface area contributed by atoms with E-state index >= 15 is 0 Å². The molecule has 7 heteroatoms. The minimum atomic E-state index is -0.138. The topological polar surface area (TPSA) is 64.0 Å². The number of carbonyl (C=O) groups is 1. The Kier molecular flexibility index (Phi) is 7.54. The Morgan fingerprint density at radius 2 is 1.86 bits per heavy atom. The summed E-state index contributed by atoms with van der Waals surface area (Å²) < 4.78 is 1.84. The fourth-order valence-electron chi connectivity index (χ4n) is 5.71. The van der Waals surface area contributed by atoms with Crippen LogP contribution in [-0.2, 0) is 23.2 Å². The third-order valence-electron chi connectivity index (χ3n) is 7.47. The van der Waals surface area contributed by atoms with Crippen molar-refractivity contribution in [2.45, 2.75) is 75.4 Å². The number of rotatable bonds is 7. The third kappa shape index (κ3) is 4.98. The average Bonchev–Trinajstić information content (AvgIpc) is 2.88. The standard InChI is InChI=1S/C29H32ClN3O2S/c1-2-3-17-33-27(35)25-26(23-10-6-5-9-20(23)18-29(25)15-7-4-8-16-29)32-28(33)36-19-24(34)31-22-13-11-21(30)12-14-22/h5-6,9-14H,2-4,7-8,15-19H2,1H3,(H,31,34). The van der Waals surface area contributed by atoms with Gasteiger partial charge in [-0.2, -0.15) is 0 Å². The highest BCUT2D eigenvalue weighted by atomic mass is 35.5. The van der Waals surface area contributed by atoms with Crippen LogP contribution < -0.4 is 10.9 Å². The molecule has 0 bridgehead atoms. The predicted octanol–water partition coefficient (Wildman–Crippen LogP) is 6.85. The van der Waals surface area contributed by atoms with Crippen molar-refractivity contribution in [2.24, 2.45) is 0 Å². The second-order valence-corrected chi connectivity index (χ2v) is 11.3. The Morgan fingerprint density at radius 3 is 2.61 bits per heavy atom. The number of carbonyl (C=O) groups excluding carboxylic acids is 1. The van der Waals surface area contributed by atoms with Crippen molar-refractivity contribution in [3.8, 4) is 11.3 Å². The minimum Gasteiger partial charge on any atom is -0.325 e. The molecule has 1 fully saturated rings. The molecule has 2 aliphatic rings. The van der Waals surface area contributed by atoms with Gasteiger partial charge < -0.3 is 5.32 Å². The maximum absolute atomic E-state index is 14.2. The maximum atomic E-state index is 14.2. The largest absolute Gasteiger partial charge is 0.325 e. The van der Waals surface area contributed by atoms with Gasteiger partial charge in [0, 0.05) is 28.2 Å². The van der Waals surface area contributed by atoms with E-state index in [0.717, 1.165) is 61.8 Å². The Morgan fingerprint density at radius 1 is 1.11 bits per heavy atom. The summed E-state index contributed by atoms with van der Waals surface area (Å²) in [7, 11) is 0. The molecule has 1 amide bonds. The summed E-state index contributed by atoms with van der Waals surface area (Å²) in [5, 5.41) is 4.16. The van der Waals surface area contributed by atoms with Crippen LogP contribution in [0.3, 0.4) is 0 Å². The first-order valence-electron chi connectivity index (χ1n) is 12.9. The van der Waals surface area contributed by atoms with Gasteiger partial charge in [0.15, 0.2) is 5.16 Å². The minimum absolute atomic E-state index is 0.0884. The van der Waals surface area contributed by atoms with Gasteiger partial charge in [-0.1, -0.05) is 80.2 Å². The van der Waals surface area contributed by atoms with E-state index in [4.69, 9.17) is 16.6 Å². The van der Waals surface area contributed by atoms with Crippen LogP contribution in [0.4, 0.5) is 5.69 Å². The van der Waals surface area contributed by atoms with Crippen molar-refractivity contribution in [1.29, 1.82) is 0 Å². The van der Waals surface area contributed by atoms with Crippen LogP contribution >= 0.6 is 23.4 Å². The Labute approximate surface area is 221 Å². The van der Waals surface area contributed by atoms with E-state index in [1.54, 1.807) is 24.3 Å². The molecule has 3 aromatic rings. The number of fused-ring (bicyclic) bond motifs is 4. The fourth-order valence-corrected chi connectivity index (χ4v) is 6.65. The number of anilines is 1. The van der Waals surface area contributed by atoms with Crippen molar-refractivity contribution in [3.05, 3.63) is 75.0 Å². The van der Waals surface area contributed by atoms with Gasteiger partial charge in [-0.05, 0) is 55.5 Å². The number of nitrogens with zero attached hydrogens (tertiary/aromatic N) is 2. The van der Waals surface area contributed by atoms with E-state index < -0.39 is 0 Å². The molecule has 188 valence electrons. The first kappa shape index (κ1) is 25.1. The van der Waals surface area contributed by atoms with Gasteiger partial charge in [-0.15, -0.1) is 0 Å². The van der Waals surface area contributed by atoms with Crippen LogP contribution in [0.15, 0.2) is 58.5 Å². The van der Waals surface area contributed by atoms with Crippen molar-refractivity contribution in [2.75, 3.05) is 11.1 Å². The predicted molar refractivity (Wildman–Crippen MR) is 148 cm³/mol. The number of halogens is 1. The highest BCUT2D eigenvalue weighted by Crippen LogP contribution is 2.48. The molecule has 5 rings (SSSR count). The number of nitrogens with one attached hydrogen (secondary N) is 1. The molecule has 0 aliphatic heterocycles. The second kappa shape index (κ2) is 10.8. The summed E-state index contributed by atoms with van der Waals surface area (Å²) in [4.78, 5) is 32.1. The van der Waals surface area contributed by atoms with E-state index in [1.165, 1.54) is 23.7 Å². The number of amides is 1. The molecule has 2 aromatic carbocycles. The van der Waals surface area contributed by atoms with Crippen molar-refractivity contribution in [3.63, 3.8) is 0 Å². The van der Waals surface area contributed by atoms with Crippen LogP contribution in [0.1, 0.15) is 63.0 Å². The summed E-state index contributed by atoms with van der Waals surface area (Å²) in [5.74, 6) is 0.0349. The highest BCUT2D eigenvalue weighted by Gasteiger charge is 2.43. The zero-order valence-electron chi connectivity index (χ0n) is 20.7. The quantitative estimate of drug-likeness (QED) is 0.272. The molecule has 0 unspecified atom stereocenters. The van der Waals surface area contributed by atoms with E-state index in [0.29, 0.717) is 22.4 Å². The van der Waals surface area contributed by atoms with Gasteiger partial charge in [0.05, 0.1) is 17.0 Å². The number of benzene rings is 2. The molecule has 1 N–H and O–H groups in total. The van der Waals surface area contributed by atoms with Gasteiger partial charge in [0.1, 0.15) is 0 Å². The number of hydrogen-bond donors (Lipinski definition) is 1. The summed E-state index contributed by atoms with van der Waals surface area (Å²) in [5.41, 5.74) is 4.74. The number of hydrogen-bond acceptors (Lipinski definition) is 4. The third-order valence-corrected chi connectivity index (χ3v) is 8.70. The molecule has 1 heterocycles. The lowest BCUT2D eigenvalue weighted by atomic mass is 9.62. The van der Waals surface area contributed by atoms with Crippen LogP contribution in [0.25, 0.3) is 11.3 Å². The molecule has 0 saturated heterocycles. The molecule has 1 aromatic heterocycles. The highest BCUT2D eigenvalue weighted by molar-refractivity contribution is 7.99. The van der Waals surface area contributed by atoms with E-state index in [-0.39, 0.29) is 22.6 Å². The summed E-state index contributed by atoms with van der Waals surface area (Å²) in [6.45, 7) is 2.75. The zero-order valence-corrected chi connectivity index (χ0v) is 22.3. The average molecular weight is 522 g/mol. The molecule has 1 saturated carbocycles.